The summed E-state index contributed by atoms with van der Waals surface area (Å²) in [4.78, 5) is 31.9. The molecule has 0 bridgehead atoms. The molecule has 0 radical (unpaired) electrons. The molecule has 0 aliphatic heterocycles. The normalized spacial score (nSPS) is 14.2. The van der Waals surface area contributed by atoms with Crippen molar-refractivity contribution in [2.45, 2.75) is 31.5 Å². The number of hydrogen-bond acceptors (Lipinski definition) is 7. The molecule has 2 aromatic carbocycles. The third kappa shape index (κ3) is 4.58. The SMILES string of the molecule is COc1ccc(Cn2c(=O)c3c(nc(NC4(CO)CC=CC4)n3Cc3ccc(OC)cc3)n(C)c2=O)cc1. The number of imidazole rings is 1. The molecule has 0 atom stereocenters. The summed E-state index contributed by atoms with van der Waals surface area (Å²) in [7, 11) is 4.81. The van der Waals surface area contributed by atoms with Crippen LogP contribution in [0.2, 0.25) is 0 Å². The number of anilines is 1. The number of nitrogens with one attached hydrogen (secondary N) is 1. The van der Waals surface area contributed by atoms with Crippen LogP contribution < -0.4 is 26.0 Å². The van der Waals surface area contributed by atoms with Crippen molar-refractivity contribution >= 4 is 17.1 Å². The smallest absolute Gasteiger partial charge is 0.332 e. The lowest BCUT2D eigenvalue weighted by Crippen LogP contribution is -2.41. The third-order valence-electron chi connectivity index (χ3n) is 7.10. The van der Waals surface area contributed by atoms with Gasteiger partial charge >= 0.3 is 5.69 Å². The van der Waals surface area contributed by atoms with E-state index in [-0.39, 0.29) is 18.8 Å². The molecule has 10 nitrogen and oxygen atoms in total. The molecule has 0 unspecified atom stereocenters. The highest BCUT2D eigenvalue weighted by molar-refractivity contribution is 5.75. The number of nitrogens with zero attached hydrogens (tertiary/aromatic N) is 4. The lowest BCUT2D eigenvalue weighted by Gasteiger charge is -2.29. The highest BCUT2D eigenvalue weighted by Crippen LogP contribution is 2.29. The van der Waals surface area contributed by atoms with E-state index in [9.17, 15) is 14.7 Å². The van der Waals surface area contributed by atoms with Gasteiger partial charge in [-0.3, -0.25) is 18.5 Å². The predicted octanol–water partition coefficient (Wildman–Crippen LogP) is 2.50. The zero-order chi connectivity index (χ0) is 26.9. The summed E-state index contributed by atoms with van der Waals surface area (Å²) >= 11 is 0. The summed E-state index contributed by atoms with van der Waals surface area (Å²) in [6, 6.07) is 14.8. The molecule has 0 spiro atoms. The second kappa shape index (κ2) is 10.2. The van der Waals surface area contributed by atoms with Gasteiger partial charge in [0.1, 0.15) is 11.5 Å². The van der Waals surface area contributed by atoms with Crippen LogP contribution in [0.3, 0.4) is 0 Å². The Balaban J connectivity index is 1.66. The number of fused-ring (bicyclic) bond motifs is 1. The zero-order valence-corrected chi connectivity index (χ0v) is 21.7. The number of rotatable bonds is 9. The van der Waals surface area contributed by atoms with Crippen molar-refractivity contribution in [3.05, 3.63) is 92.6 Å². The van der Waals surface area contributed by atoms with Crippen LogP contribution in [0.1, 0.15) is 24.0 Å². The van der Waals surface area contributed by atoms with Gasteiger partial charge in [0.15, 0.2) is 11.2 Å². The molecule has 2 N–H and O–H groups in total. The second-order valence-corrected chi connectivity index (χ2v) is 9.57. The van der Waals surface area contributed by atoms with E-state index < -0.39 is 16.8 Å². The number of aliphatic hydroxyl groups excluding tert-OH is 1. The molecule has 4 aromatic rings. The zero-order valence-electron chi connectivity index (χ0n) is 21.7. The second-order valence-electron chi connectivity index (χ2n) is 9.57. The third-order valence-corrected chi connectivity index (χ3v) is 7.10. The van der Waals surface area contributed by atoms with Crippen LogP contribution in [0.25, 0.3) is 11.2 Å². The summed E-state index contributed by atoms with van der Waals surface area (Å²) in [5, 5.41) is 13.6. The minimum atomic E-state index is -0.625. The van der Waals surface area contributed by atoms with Gasteiger partial charge in [-0.2, -0.15) is 4.98 Å². The molecule has 0 fully saturated rings. The minimum absolute atomic E-state index is 0.104. The van der Waals surface area contributed by atoms with Crippen LogP contribution in [-0.2, 0) is 20.1 Å². The van der Waals surface area contributed by atoms with E-state index in [0.717, 1.165) is 16.9 Å². The van der Waals surface area contributed by atoms with Gasteiger partial charge in [0.2, 0.25) is 5.95 Å². The number of benzene rings is 2. The molecule has 0 saturated heterocycles. The van der Waals surface area contributed by atoms with Crippen molar-refractivity contribution in [2.75, 3.05) is 26.1 Å². The van der Waals surface area contributed by atoms with Gasteiger partial charge in [0.25, 0.3) is 5.56 Å². The molecule has 2 heterocycles. The highest BCUT2D eigenvalue weighted by Gasteiger charge is 2.33. The Hall–Kier alpha value is -4.31. The van der Waals surface area contributed by atoms with Crippen LogP contribution in [0, 0.1) is 0 Å². The summed E-state index contributed by atoms with van der Waals surface area (Å²) in [6.07, 6.45) is 5.26. The maximum absolute atomic E-state index is 13.9. The number of methoxy groups -OCH3 is 2. The van der Waals surface area contributed by atoms with Crippen LogP contribution in [-0.4, -0.2) is 50.2 Å². The molecule has 2 aromatic heterocycles. The molecule has 0 saturated carbocycles. The highest BCUT2D eigenvalue weighted by atomic mass is 16.5. The van der Waals surface area contributed by atoms with E-state index in [4.69, 9.17) is 14.5 Å². The first kappa shape index (κ1) is 25.3. The lowest BCUT2D eigenvalue weighted by molar-refractivity contribution is 0.217. The van der Waals surface area contributed by atoms with E-state index >= 15 is 0 Å². The van der Waals surface area contributed by atoms with Crippen molar-refractivity contribution in [1.82, 2.24) is 18.7 Å². The van der Waals surface area contributed by atoms with Crippen LogP contribution >= 0.6 is 0 Å². The number of ether oxygens (including phenoxy) is 2. The lowest BCUT2D eigenvalue weighted by atomic mass is 9.98. The van der Waals surface area contributed by atoms with Crippen LogP contribution in [0.5, 0.6) is 11.5 Å². The Morgan fingerprint density at radius 1 is 0.895 bits per heavy atom. The maximum atomic E-state index is 13.9. The Morgan fingerprint density at radius 2 is 1.42 bits per heavy atom. The van der Waals surface area contributed by atoms with Gasteiger partial charge in [-0.05, 0) is 48.2 Å². The average Bonchev–Trinajstić information content (AvgIpc) is 3.56. The topological polar surface area (TPSA) is 113 Å². The number of aromatic nitrogens is 4. The van der Waals surface area contributed by atoms with Gasteiger partial charge in [0, 0.05) is 7.05 Å². The Bertz CT molecular complexity index is 1590. The molecular formula is C28H31N5O5. The summed E-state index contributed by atoms with van der Waals surface area (Å²) in [5.41, 5.74) is 0.777. The molecular weight excluding hydrogens is 486 g/mol. The first-order valence-corrected chi connectivity index (χ1v) is 12.4. The fourth-order valence-corrected chi connectivity index (χ4v) is 4.80. The molecule has 5 rings (SSSR count). The molecule has 0 amide bonds. The predicted molar refractivity (Wildman–Crippen MR) is 145 cm³/mol. The summed E-state index contributed by atoms with van der Waals surface area (Å²) in [5.74, 6) is 1.84. The van der Waals surface area contributed by atoms with E-state index in [1.807, 2.05) is 48.6 Å². The first-order valence-electron chi connectivity index (χ1n) is 12.4. The number of hydrogen-bond donors (Lipinski definition) is 2. The fourth-order valence-electron chi connectivity index (χ4n) is 4.80. The van der Waals surface area contributed by atoms with Gasteiger partial charge in [-0.1, -0.05) is 36.4 Å². The molecule has 38 heavy (non-hydrogen) atoms. The van der Waals surface area contributed by atoms with Gasteiger partial charge in [-0.15, -0.1) is 0 Å². The van der Waals surface area contributed by atoms with Crippen molar-refractivity contribution in [3.63, 3.8) is 0 Å². The van der Waals surface area contributed by atoms with Gasteiger partial charge in [0.05, 0.1) is 39.5 Å². The number of aryl methyl sites for hydroxylation is 1. The van der Waals surface area contributed by atoms with Crippen LogP contribution in [0.15, 0.2) is 70.3 Å². The van der Waals surface area contributed by atoms with E-state index in [2.05, 4.69) is 5.32 Å². The standard InChI is InChI=1S/C28H31N5O5/c1-31-24-23(25(35)33(27(31)36)17-20-8-12-22(38-3)13-9-20)32(16-19-6-10-21(37-2)11-7-19)26(29-24)30-28(18-34)14-4-5-15-28/h4-13,34H,14-18H2,1-3H3,(H,29,30). The number of aliphatic hydroxyl groups is 1. The molecule has 10 heteroatoms. The first-order chi connectivity index (χ1) is 18.4. The van der Waals surface area contributed by atoms with Crippen molar-refractivity contribution in [2.24, 2.45) is 7.05 Å². The molecule has 198 valence electrons. The minimum Gasteiger partial charge on any atom is -0.497 e. The fraction of sp³-hybridized carbons (Fsp3) is 0.321. The summed E-state index contributed by atoms with van der Waals surface area (Å²) in [6.45, 7) is 0.326. The monoisotopic (exact) mass is 517 g/mol. The van der Waals surface area contributed by atoms with Gasteiger partial charge in [-0.25, -0.2) is 4.79 Å². The molecule has 1 aliphatic carbocycles. The average molecular weight is 518 g/mol. The van der Waals surface area contributed by atoms with Crippen molar-refractivity contribution < 1.29 is 14.6 Å². The maximum Gasteiger partial charge on any atom is 0.332 e. The Morgan fingerprint density at radius 3 is 1.92 bits per heavy atom. The Labute approximate surface area is 219 Å². The molecule has 1 aliphatic rings. The quantitative estimate of drug-likeness (QED) is 0.328. The van der Waals surface area contributed by atoms with Crippen molar-refractivity contribution in [3.8, 4) is 11.5 Å². The van der Waals surface area contributed by atoms with E-state index in [1.165, 1.54) is 9.13 Å². The van der Waals surface area contributed by atoms with Crippen molar-refractivity contribution in [1.29, 1.82) is 0 Å². The van der Waals surface area contributed by atoms with E-state index in [1.54, 1.807) is 38.0 Å². The largest absolute Gasteiger partial charge is 0.497 e. The van der Waals surface area contributed by atoms with Gasteiger partial charge < -0.3 is 19.9 Å². The summed E-state index contributed by atoms with van der Waals surface area (Å²) < 4.78 is 14.9. The Kier molecular flexibility index (Phi) is 6.81. The van der Waals surface area contributed by atoms with E-state index in [0.29, 0.717) is 36.6 Å². The van der Waals surface area contributed by atoms with Crippen LogP contribution in [0.4, 0.5) is 5.95 Å².